The van der Waals surface area contributed by atoms with Gasteiger partial charge in [-0.25, -0.2) is 0 Å². The van der Waals surface area contributed by atoms with Gasteiger partial charge in [0.25, 0.3) is 0 Å². The molecule has 60 heavy (non-hydrogen) atoms. The fraction of sp³-hybridized carbons (Fsp3) is 0.0690. The summed E-state index contributed by atoms with van der Waals surface area (Å²) in [4.78, 5) is 4.87. The van der Waals surface area contributed by atoms with Crippen LogP contribution in [0.4, 0.5) is 34.1 Å². The Kier molecular flexibility index (Phi) is 8.42. The van der Waals surface area contributed by atoms with Crippen LogP contribution in [0.3, 0.4) is 0 Å². The van der Waals surface area contributed by atoms with Crippen LogP contribution >= 0.6 is 0 Å². The second kappa shape index (κ2) is 14.1. The highest BCUT2D eigenvalue weighted by Crippen LogP contribution is 2.52. The summed E-state index contributed by atoms with van der Waals surface area (Å²) < 4.78 is 0. The predicted molar refractivity (Wildman–Crippen MR) is 256 cm³/mol. The zero-order chi connectivity index (χ0) is 40.4. The first-order chi connectivity index (χ1) is 29.4. The zero-order valence-electron chi connectivity index (χ0n) is 34.1. The van der Waals surface area contributed by atoms with E-state index in [1.165, 1.54) is 71.3 Å². The molecule has 0 atom stereocenters. The third-order valence-electron chi connectivity index (χ3n) is 12.7. The van der Waals surface area contributed by atoms with Crippen LogP contribution in [0, 0.1) is 6.92 Å². The number of benzene rings is 10. The van der Waals surface area contributed by atoms with Crippen molar-refractivity contribution in [3.05, 3.63) is 229 Å². The average Bonchev–Trinajstić information content (AvgIpc) is 3.53. The molecule has 0 saturated heterocycles. The Balaban J connectivity index is 1.06. The first-order valence-corrected chi connectivity index (χ1v) is 20.9. The lowest BCUT2D eigenvalue weighted by Crippen LogP contribution is -2.16. The first kappa shape index (κ1) is 35.7. The Bertz CT molecular complexity index is 3240. The summed E-state index contributed by atoms with van der Waals surface area (Å²) in [5.41, 5.74) is 15.8. The molecule has 0 heterocycles. The minimum Gasteiger partial charge on any atom is -0.310 e. The van der Waals surface area contributed by atoms with E-state index < -0.39 is 0 Å². The highest BCUT2D eigenvalue weighted by Gasteiger charge is 2.36. The molecule has 10 aromatic carbocycles. The highest BCUT2D eigenvalue weighted by atomic mass is 15.1. The summed E-state index contributed by atoms with van der Waals surface area (Å²) >= 11 is 0. The summed E-state index contributed by atoms with van der Waals surface area (Å²) in [7, 11) is 0. The fourth-order valence-corrected chi connectivity index (χ4v) is 9.69. The predicted octanol–water partition coefficient (Wildman–Crippen LogP) is 16.4. The van der Waals surface area contributed by atoms with Crippen molar-refractivity contribution in [1.82, 2.24) is 0 Å². The van der Waals surface area contributed by atoms with E-state index in [1.807, 2.05) is 0 Å². The largest absolute Gasteiger partial charge is 0.310 e. The summed E-state index contributed by atoms with van der Waals surface area (Å²) in [6.45, 7) is 6.87. The molecule has 10 aromatic rings. The van der Waals surface area contributed by atoms with Gasteiger partial charge in [0.1, 0.15) is 0 Å². The number of fused-ring (bicyclic) bond motifs is 6. The lowest BCUT2D eigenvalue weighted by molar-refractivity contribution is 0.660. The van der Waals surface area contributed by atoms with Gasteiger partial charge in [0, 0.05) is 38.6 Å². The van der Waals surface area contributed by atoms with Gasteiger partial charge < -0.3 is 9.80 Å². The van der Waals surface area contributed by atoms with E-state index in [1.54, 1.807) is 0 Å². The van der Waals surface area contributed by atoms with Crippen molar-refractivity contribution in [2.24, 2.45) is 0 Å². The molecule has 1 aliphatic carbocycles. The maximum Gasteiger partial charge on any atom is 0.0540 e. The summed E-state index contributed by atoms with van der Waals surface area (Å²) in [6.07, 6.45) is 0. The average molecular weight is 769 g/mol. The molecule has 0 bridgehead atoms. The minimum atomic E-state index is -0.118. The molecule has 0 radical (unpaired) electrons. The zero-order valence-corrected chi connectivity index (χ0v) is 34.1. The molecule has 0 unspecified atom stereocenters. The molecular formula is C58H44N2. The normalized spacial score (nSPS) is 12.7. The Hall–Kier alpha value is -7.42. The number of anilines is 6. The number of hydrogen-bond acceptors (Lipinski definition) is 2. The molecule has 11 rings (SSSR count). The minimum absolute atomic E-state index is 0.118. The van der Waals surface area contributed by atoms with Gasteiger partial charge in [-0.15, -0.1) is 0 Å². The van der Waals surface area contributed by atoms with Crippen LogP contribution in [-0.4, -0.2) is 0 Å². The van der Waals surface area contributed by atoms with E-state index >= 15 is 0 Å². The number of rotatable bonds is 7. The van der Waals surface area contributed by atoms with Crippen LogP contribution in [-0.2, 0) is 5.41 Å². The number of nitrogens with zero attached hydrogens (tertiary/aromatic N) is 2. The smallest absolute Gasteiger partial charge is 0.0540 e. The Morgan fingerprint density at radius 3 is 1.50 bits per heavy atom. The van der Waals surface area contributed by atoms with Gasteiger partial charge in [-0.2, -0.15) is 0 Å². The van der Waals surface area contributed by atoms with Crippen LogP contribution in [0.25, 0.3) is 54.6 Å². The van der Waals surface area contributed by atoms with Crippen LogP contribution in [0.1, 0.15) is 30.5 Å². The van der Waals surface area contributed by atoms with E-state index in [0.29, 0.717) is 0 Å². The van der Waals surface area contributed by atoms with Gasteiger partial charge in [-0.1, -0.05) is 177 Å². The van der Waals surface area contributed by atoms with E-state index in [2.05, 4.69) is 243 Å². The Morgan fingerprint density at radius 2 is 0.817 bits per heavy atom. The first-order valence-electron chi connectivity index (χ1n) is 20.9. The molecule has 2 heteroatoms. The van der Waals surface area contributed by atoms with Gasteiger partial charge in [0.2, 0.25) is 0 Å². The van der Waals surface area contributed by atoms with Gasteiger partial charge in [-0.3, -0.25) is 0 Å². The molecule has 0 N–H and O–H groups in total. The van der Waals surface area contributed by atoms with E-state index in [4.69, 9.17) is 0 Å². The maximum absolute atomic E-state index is 2.49. The monoisotopic (exact) mass is 768 g/mol. The Morgan fingerprint density at radius 1 is 0.333 bits per heavy atom. The third-order valence-corrected chi connectivity index (χ3v) is 12.7. The van der Waals surface area contributed by atoms with Crippen LogP contribution < -0.4 is 9.80 Å². The van der Waals surface area contributed by atoms with Gasteiger partial charge in [-0.05, 0) is 111 Å². The topological polar surface area (TPSA) is 6.48 Å². The molecule has 0 fully saturated rings. The quantitative estimate of drug-likeness (QED) is 0.159. The van der Waals surface area contributed by atoms with Crippen LogP contribution in [0.15, 0.2) is 212 Å². The molecule has 2 nitrogen and oxygen atoms in total. The summed E-state index contributed by atoms with van der Waals surface area (Å²) in [6, 6.07) is 78.1. The van der Waals surface area contributed by atoms with Gasteiger partial charge in [0.15, 0.2) is 0 Å². The lowest BCUT2D eigenvalue weighted by Gasteiger charge is -2.30. The van der Waals surface area contributed by atoms with Crippen molar-refractivity contribution in [2.45, 2.75) is 26.2 Å². The number of aryl methyl sites for hydroxylation is 1. The maximum atomic E-state index is 2.49. The Labute approximate surface area is 352 Å². The van der Waals surface area contributed by atoms with E-state index in [0.717, 1.165) is 34.1 Å². The number of hydrogen-bond donors (Lipinski definition) is 0. The van der Waals surface area contributed by atoms with Crippen LogP contribution in [0.5, 0.6) is 0 Å². The van der Waals surface area contributed by atoms with Crippen molar-refractivity contribution < 1.29 is 0 Å². The van der Waals surface area contributed by atoms with Crippen molar-refractivity contribution in [2.75, 3.05) is 9.80 Å². The molecule has 0 spiro atoms. The molecule has 0 aromatic heterocycles. The van der Waals surface area contributed by atoms with Crippen molar-refractivity contribution >= 4 is 66.4 Å². The molecule has 0 amide bonds. The van der Waals surface area contributed by atoms with Crippen molar-refractivity contribution in [3.63, 3.8) is 0 Å². The second-order valence-electron chi connectivity index (χ2n) is 16.6. The molecule has 0 aliphatic heterocycles. The molecule has 1 aliphatic rings. The van der Waals surface area contributed by atoms with E-state index in [-0.39, 0.29) is 5.41 Å². The van der Waals surface area contributed by atoms with Crippen LogP contribution in [0.2, 0.25) is 0 Å². The molecule has 0 saturated carbocycles. The van der Waals surface area contributed by atoms with E-state index in [9.17, 15) is 0 Å². The molecule has 286 valence electrons. The van der Waals surface area contributed by atoms with Crippen molar-refractivity contribution in [1.29, 1.82) is 0 Å². The van der Waals surface area contributed by atoms with Gasteiger partial charge >= 0.3 is 0 Å². The standard InChI is InChI=1S/C58H44N2/c1-39-26-30-43(31-27-39)59(55-24-12-16-40-14-4-6-18-47(40)55)44-32-28-42(29-33-44)46-36-37-57(52-22-9-8-20-49(46)52)60(56-25-13-17-41-15-5-7-19-48(41)56)45-34-35-51-50-21-10-11-23-53(50)58(2,3)54(51)38-45/h4-38H,1-3H3. The summed E-state index contributed by atoms with van der Waals surface area (Å²) in [5, 5.41) is 7.30. The SMILES string of the molecule is Cc1ccc(N(c2ccc(-c3ccc(N(c4ccc5c(c4)C(C)(C)c4ccccc4-5)c4cccc5ccccc45)c4ccccc34)cc2)c2cccc3ccccc23)cc1. The van der Waals surface area contributed by atoms with Gasteiger partial charge in [0.05, 0.1) is 17.1 Å². The second-order valence-corrected chi connectivity index (χ2v) is 16.6. The fourth-order valence-electron chi connectivity index (χ4n) is 9.69. The molecular weight excluding hydrogens is 725 g/mol. The third kappa shape index (κ3) is 5.79. The highest BCUT2D eigenvalue weighted by molar-refractivity contribution is 6.09. The van der Waals surface area contributed by atoms with Crippen molar-refractivity contribution in [3.8, 4) is 22.3 Å². The lowest BCUT2D eigenvalue weighted by atomic mass is 9.82. The summed E-state index contributed by atoms with van der Waals surface area (Å²) in [5.74, 6) is 0.